The van der Waals surface area contributed by atoms with Crippen LogP contribution in [0.15, 0.2) is 26.5 Å². The number of fused-ring (bicyclic) bond motifs is 1. The zero-order chi connectivity index (χ0) is 20.7. The molecule has 0 radical (unpaired) electrons. The van der Waals surface area contributed by atoms with Crippen LogP contribution in [0.4, 0.5) is 0 Å². The van der Waals surface area contributed by atoms with Gasteiger partial charge in [-0.1, -0.05) is 19.0 Å². The molecule has 1 N–H and O–H groups in total. The standard InChI is InChI=1S/C21H22N4O3S/c1-10(2)21-23-14(9-29-21)8-22-19(26)16-7-17(15-6-11(3)27-13(15)5)24-20-18(16)12(4)25-28-20/h6-7,9-10H,8H2,1-5H3,(H,22,26). The van der Waals surface area contributed by atoms with E-state index in [1.165, 1.54) is 0 Å². The number of amides is 1. The van der Waals surface area contributed by atoms with E-state index >= 15 is 0 Å². The van der Waals surface area contributed by atoms with Crippen LogP contribution in [0, 0.1) is 20.8 Å². The Kier molecular flexibility index (Phi) is 4.96. The number of aryl methyl sites for hydroxylation is 3. The van der Waals surface area contributed by atoms with Gasteiger partial charge in [0, 0.05) is 16.9 Å². The number of thiazole rings is 1. The molecule has 0 unspecified atom stereocenters. The van der Waals surface area contributed by atoms with Crippen molar-refractivity contribution < 1.29 is 13.7 Å². The maximum atomic E-state index is 13.0. The number of hydrogen-bond donors (Lipinski definition) is 1. The minimum Gasteiger partial charge on any atom is -0.466 e. The Labute approximate surface area is 172 Å². The van der Waals surface area contributed by atoms with Gasteiger partial charge in [0.05, 0.1) is 39.6 Å². The molecule has 8 heteroatoms. The van der Waals surface area contributed by atoms with E-state index in [1.54, 1.807) is 24.3 Å². The van der Waals surface area contributed by atoms with E-state index < -0.39 is 0 Å². The Hall–Kier alpha value is -3.00. The fourth-order valence-corrected chi connectivity index (χ4v) is 4.07. The first kappa shape index (κ1) is 19.3. The summed E-state index contributed by atoms with van der Waals surface area (Å²) in [6.45, 7) is 10.1. The van der Waals surface area contributed by atoms with Gasteiger partial charge in [-0.2, -0.15) is 0 Å². The predicted octanol–water partition coefficient (Wildman–Crippen LogP) is 4.92. The molecular formula is C21H22N4O3S. The van der Waals surface area contributed by atoms with Gasteiger partial charge >= 0.3 is 0 Å². The molecule has 0 aliphatic carbocycles. The summed E-state index contributed by atoms with van der Waals surface area (Å²) >= 11 is 1.61. The molecule has 0 atom stereocenters. The molecule has 0 bridgehead atoms. The van der Waals surface area contributed by atoms with Gasteiger partial charge in [0.1, 0.15) is 11.5 Å². The molecule has 1 amide bonds. The van der Waals surface area contributed by atoms with Crippen LogP contribution in [0.2, 0.25) is 0 Å². The third-order valence-electron chi connectivity index (χ3n) is 4.67. The SMILES string of the molecule is Cc1cc(-c2cc(C(=O)NCc3csc(C(C)C)n3)c3c(C)noc3n2)c(C)o1. The topological polar surface area (TPSA) is 94.1 Å². The van der Waals surface area contributed by atoms with Gasteiger partial charge in [0.15, 0.2) is 0 Å². The van der Waals surface area contributed by atoms with Crippen LogP contribution in [0.5, 0.6) is 0 Å². The molecule has 0 aliphatic rings. The summed E-state index contributed by atoms with van der Waals surface area (Å²) in [5.74, 6) is 1.67. The summed E-state index contributed by atoms with van der Waals surface area (Å²) < 4.78 is 11.0. The molecule has 0 spiro atoms. The Bertz CT molecular complexity index is 1200. The third-order valence-corrected chi connectivity index (χ3v) is 5.87. The Morgan fingerprint density at radius 1 is 1.21 bits per heavy atom. The Morgan fingerprint density at radius 3 is 2.66 bits per heavy atom. The number of pyridine rings is 1. The number of aromatic nitrogens is 3. The van der Waals surface area contributed by atoms with Gasteiger partial charge in [-0.3, -0.25) is 4.79 Å². The maximum absolute atomic E-state index is 13.0. The van der Waals surface area contributed by atoms with Gasteiger partial charge in [-0.05, 0) is 32.9 Å². The van der Waals surface area contributed by atoms with Crippen molar-refractivity contribution in [2.24, 2.45) is 0 Å². The highest BCUT2D eigenvalue weighted by Crippen LogP contribution is 2.30. The minimum atomic E-state index is -0.220. The third kappa shape index (κ3) is 3.67. The number of hydrogen-bond acceptors (Lipinski definition) is 7. The lowest BCUT2D eigenvalue weighted by Gasteiger charge is -2.07. The summed E-state index contributed by atoms with van der Waals surface area (Å²) in [5.41, 5.74) is 3.72. The highest BCUT2D eigenvalue weighted by atomic mass is 32.1. The lowest BCUT2D eigenvalue weighted by atomic mass is 10.1. The normalized spacial score (nSPS) is 11.5. The molecule has 150 valence electrons. The highest BCUT2D eigenvalue weighted by molar-refractivity contribution is 7.09. The second-order valence-corrected chi connectivity index (χ2v) is 8.23. The molecule has 0 saturated heterocycles. The van der Waals surface area contributed by atoms with Crippen LogP contribution < -0.4 is 5.32 Å². The summed E-state index contributed by atoms with van der Waals surface area (Å²) in [6.07, 6.45) is 0. The van der Waals surface area contributed by atoms with Gasteiger partial charge in [0.25, 0.3) is 11.6 Å². The summed E-state index contributed by atoms with van der Waals surface area (Å²) in [7, 11) is 0. The van der Waals surface area contributed by atoms with Crippen molar-refractivity contribution in [2.75, 3.05) is 0 Å². The van der Waals surface area contributed by atoms with Gasteiger partial charge in [0.2, 0.25) is 0 Å². The Balaban J connectivity index is 1.68. The number of rotatable bonds is 5. The average molecular weight is 410 g/mol. The second-order valence-electron chi connectivity index (χ2n) is 7.34. The van der Waals surface area contributed by atoms with Crippen LogP contribution in [-0.2, 0) is 6.54 Å². The van der Waals surface area contributed by atoms with E-state index in [-0.39, 0.29) is 5.91 Å². The minimum absolute atomic E-state index is 0.220. The molecule has 0 fully saturated rings. The molecule has 0 saturated carbocycles. The van der Waals surface area contributed by atoms with Crippen LogP contribution in [0.3, 0.4) is 0 Å². The molecule has 0 aliphatic heterocycles. The van der Waals surface area contributed by atoms with Gasteiger partial charge in [-0.15, -0.1) is 11.3 Å². The number of furan rings is 1. The molecule has 7 nitrogen and oxygen atoms in total. The molecule has 29 heavy (non-hydrogen) atoms. The highest BCUT2D eigenvalue weighted by Gasteiger charge is 2.21. The van der Waals surface area contributed by atoms with Crippen LogP contribution in [0.1, 0.15) is 58.0 Å². The molecule has 4 rings (SSSR count). The van der Waals surface area contributed by atoms with Crippen molar-refractivity contribution in [2.45, 2.75) is 47.1 Å². The van der Waals surface area contributed by atoms with Crippen molar-refractivity contribution in [3.05, 3.63) is 51.0 Å². The predicted molar refractivity (Wildman–Crippen MR) is 111 cm³/mol. The number of carbonyl (C=O) groups is 1. The van der Waals surface area contributed by atoms with E-state index in [2.05, 4.69) is 34.3 Å². The molecule has 0 aromatic carbocycles. The van der Waals surface area contributed by atoms with E-state index in [1.807, 2.05) is 25.3 Å². The van der Waals surface area contributed by atoms with E-state index in [4.69, 9.17) is 8.94 Å². The molecule has 4 heterocycles. The van der Waals surface area contributed by atoms with Gasteiger partial charge in [-0.25, -0.2) is 9.97 Å². The molecular weight excluding hydrogens is 388 g/mol. The number of nitrogens with one attached hydrogen (secondary N) is 1. The maximum Gasteiger partial charge on any atom is 0.259 e. The van der Waals surface area contributed by atoms with Crippen LogP contribution >= 0.6 is 11.3 Å². The van der Waals surface area contributed by atoms with E-state index in [0.29, 0.717) is 40.5 Å². The summed E-state index contributed by atoms with van der Waals surface area (Å²) in [5, 5.41) is 10.6. The van der Waals surface area contributed by atoms with Crippen molar-refractivity contribution in [1.82, 2.24) is 20.4 Å². The molecule has 4 aromatic rings. The smallest absolute Gasteiger partial charge is 0.259 e. The fourth-order valence-electron chi connectivity index (χ4n) is 3.23. The van der Waals surface area contributed by atoms with Crippen molar-refractivity contribution in [1.29, 1.82) is 0 Å². The van der Waals surface area contributed by atoms with Crippen molar-refractivity contribution >= 4 is 28.3 Å². The fraction of sp³-hybridized carbons (Fsp3) is 0.333. The first-order valence-corrected chi connectivity index (χ1v) is 10.3. The summed E-state index contributed by atoms with van der Waals surface area (Å²) in [6, 6.07) is 3.66. The van der Waals surface area contributed by atoms with E-state index in [9.17, 15) is 4.79 Å². The van der Waals surface area contributed by atoms with E-state index in [0.717, 1.165) is 27.8 Å². The van der Waals surface area contributed by atoms with Crippen molar-refractivity contribution in [3.8, 4) is 11.3 Å². The first-order chi connectivity index (χ1) is 13.8. The number of nitrogens with zero attached hydrogens (tertiary/aromatic N) is 3. The zero-order valence-electron chi connectivity index (χ0n) is 17.0. The summed E-state index contributed by atoms with van der Waals surface area (Å²) in [4.78, 5) is 22.2. The quantitative estimate of drug-likeness (QED) is 0.502. The lowest BCUT2D eigenvalue weighted by molar-refractivity contribution is 0.0952. The van der Waals surface area contributed by atoms with Crippen LogP contribution in [-0.4, -0.2) is 21.0 Å². The second kappa shape index (κ2) is 7.44. The Morgan fingerprint density at radius 2 is 2.00 bits per heavy atom. The van der Waals surface area contributed by atoms with Crippen LogP contribution in [0.25, 0.3) is 22.4 Å². The van der Waals surface area contributed by atoms with Crippen molar-refractivity contribution in [3.63, 3.8) is 0 Å². The first-order valence-electron chi connectivity index (χ1n) is 9.40. The zero-order valence-corrected chi connectivity index (χ0v) is 17.8. The number of carbonyl (C=O) groups excluding carboxylic acids is 1. The monoisotopic (exact) mass is 410 g/mol. The largest absolute Gasteiger partial charge is 0.466 e. The lowest BCUT2D eigenvalue weighted by Crippen LogP contribution is -2.23. The van der Waals surface area contributed by atoms with Gasteiger partial charge < -0.3 is 14.3 Å². The molecule has 4 aromatic heterocycles. The average Bonchev–Trinajstić information content (AvgIpc) is 3.38.